The number of aliphatic hydroxyl groups excluding tert-OH is 2. The first-order valence-electron chi connectivity index (χ1n) is 17.1. The lowest BCUT2D eigenvalue weighted by molar-refractivity contribution is -0.145. The SMILES string of the molecule is C.NCC(=O)c1ccccc1.[C-]#[N+]c1ccc(C[C@@H](C(=O)NCC(=O)c2ccccc2)[C@H](C)O)c(C)c1Cl.[C-]#[N+]c1ccc(C[C@@H](C(=O)O)[C@H](C)O)c(C)c1Cl. The van der Waals surface area contributed by atoms with E-state index in [0.717, 1.165) is 11.1 Å². The molecule has 6 N–H and O–H groups in total. The largest absolute Gasteiger partial charge is 0.481 e. The third-order valence-corrected chi connectivity index (χ3v) is 9.65. The molecule has 4 rings (SSSR count). The Morgan fingerprint density at radius 3 is 1.45 bits per heavy atom. The van der Waals surface area contributed by atoms with E-state index in [4.69, 9.17) is 47.2 Å². The standard InChI is InChI=1S/C21H21ClN2O3.C13H14ClNO3.C8H9NO.CH4/c1-13-16(9-10-18(23-3)20(13)22)11-17(14(2)25)21(27)24-12-19(26)15-7-5-4-6-8-15;1-7-9(4-5-11(15-3)12(7)14)6-10(8(2)16)13(17)18;9-6-8(10)7-4-2-1-3-5-7;/h4-10,14,17,25H,11-12H2,1-2H3,(H,24,27);4-5,8,10,16H,6H2,1-2H3,(H,17,18);1-5H,6,9H2;1H4/t14-,17+;8-,10+;;/m00../s1. The number of carbonyl (C=O) groups is 4. The van der Waals surface area contributed by atoms with Gasteiger partial charge in [0.25, 0.3) is 0 Å². The van der Waals surface area contributed by atoms with E-state index in [1.54, 1.807) is 74.5 Å². The van der Waals surface area contributed by atoms with E-state index in [1.165, 1.54) is 13.8 Å². The van der Waals surface area contributed by atoms with Crippen molar-refractivity contribution in [3.8, 4) is 0 Å². The Kier molecular flexibility index (Phi) is 21.0. The predicted molar refractivity (Wildman–Crippen MR) is 221 cm³/mol. The Bertz CT molecular complexity index is 2030. The van der Waals surface area contributed by atoms with E-state index in [1.807, 2.05) is 24.3 Å². The molecule has 4 aromatic carbocycles. The quantitative estimate of drug-likeness (QED) is 0.0667. The molecule has 0 fully saturated rings. The molecule has 0 aromatic heterocycles. The first-order chi connectivity index (χ1) is 26.1. The van der Waals surface area contributed by atoms with E-state index in [0.29, 0.717) is 43.7 Å². The van der Waals surface area contributed by atoms with Crippen LogP contribution in [-0.2, 0) is 22.4 Å². The average Bonchev–Trinajstić information content (AvgIpc) is 3.18. The Hall–Kier alpha value is -5.40. The van der Waals surface area contributed by atoms with Gasteiger partial charge in [-0.05, 0) is 62.8 Å². The van der Waals surface area contributed by atoms with E-state index >= 15 is 0 Å². The molecule has 11 nitrogen and oxygen atoms in total. The summed E-state index contributed by atoms with van der Waals surface area (Å²) in [5, 5.41) is 31.8. The van der Waals surface area contributed by atoms with Crippen molar-refractivity contribution in [2.24, 2.45) is 17.6 Å². The molecule has 0 spiro atoms. The second-order valence-electron chi connectivity index (χ2n) is 12.5. The summed E-state index contributed by atoms with van der Waals surface area (Å²) in [4.78, 5) is 53.2. The topological polar surface area (TPSA) is 176 Å². The van der Waals surface area contributed by atoms with Gasteiger partial charge in [0.15, 0.2) is 11.6 Å². The van der Waals surface area contributed by atoms with E-state index < -0.39 is 35.9 Å². The van der Waals surface area contributed by atoms with Gasteiger partial charge in [0.1, 0.15) is 0 Å². The molecule has 56 heavy (non-hydrogen) atoms. The van der Waals surface area contributed by atoms with Crippen LogP contribution in [0, 0.1) is 38.8 Å². The summed E-state index contributed by atoms with van der Waals surface area (Å²) in [6.45, 7) is 20.5. The summed E-state index contributed by atoms with van der Waals surface area (Å²) in [7, 11) is 0. The predicted octanol–water partition coefficient (Wildman–Crippen LogP) is 8.03. The van der Waals surface area contributed by atoms with Gasteiger partial charge in [-0.1, -0.05) is 116 Å². The van der Waals surface area contributed by atoms with Crippen LogP contribution >= 0.6 is 23.2 Å². The molecule has 1 amide bonds. The highest BCUT2D eigenvalue weighted by Crippen LogP contribution is 2.33. The van der Waals surface area contributed by atoms with Crippen LogP contribution in [0.5, 0.6) is 0 Å². The van der Waals surface area contributed by atoms with Crippen LogP contribution in [0.1, 0.15) is 64.2 Å². The van der Waals surface area contributed by atoms with Crippen LogP contribution in [0.15, 0.2) is 84.9 Å². The fourth-order valence-corrected chi connectivity index (χ4v) is 5.68. The zero-order valence-electron chi connectivity index (χ0n) is 30.9. The zero-order chi connectivity index (χ0) is 41.2. The smallest absolute Gasteiger partial charge is 0.309 e. The Balaban J connectivity index is 0.000000464. The van der Waals surface area contributed by atoms with Gasteiger partial charge in [0, 0.05) is 11.1 Å². The minimum Gasteiger partial charge on any atom is -0.481 e. The van der Waals surface area contributed by atoms with Gasteiger partial charge in [-0.25, -0.2) is 9.69 Å². The van der Waals surface area contributed by atoms with Crippen LogP contribution in [0.4, 0.5) is 11.4 Å². The molecular weight excluding hydrogens is 755 g/mol. The molecule has 0 aliphatic heterocycles. The molecule has 0 radical (unpaired) electrons. The van der Waals surface area contributed by atoms with Crippen molar-refractivity contribution in [2.45, 2.75) is 60.2 Å². The number of carboxylic acids is 1. The molecule has 0 bridgehead atoms. The summed E-state index contributed by atoms with van der Waals surface area (Å²) in [6, 6.07) is 24.3. The van der Waals surface area contributed by atoms with Gasteiger partial charge in [-0.3, -0.25) is 19.2 Å². The highest BCUT2D eigenvalue weighted by atomic mass is 35.5. The minimum absolute atomic E-state index is 0. The van der Waals surface area contributed by atoms with Gasteiger partial charge in [0.2, 0.25) is 17.3 Å². The lowest BCUT2D eigenvalue weighted by Gasteiger charge is -2.21. The maximum Gasteiger partial charge on any atom is 0.309 e. The van der Waals surface area contributed by atoms with Crippen molar-refractivity contribution >= 4 is 58.0 Å². The third kappa shape index (κ3) is 14.3. The van der Waals surface area contributed by atoms with Gasteiger partial charge < -0.3 is 26.4 Å². The summed E-state index contributed by atoms with van der Waals surface area (Å²) < 4.78 is 0. The number of hydrogen-bond acceptors (Lipinski definition) is 7. The number of nitrogens with two attached hydrogens (primary N) is 1. The average molecular weight is 804 g/mol. The number of halogens is 2. The van der Waals surface area contributed by atoms with Gasteiger partial charge >= 0.3 is 5.97 Å². The number of Topliss-reactive ketones (excluding diaryl/α,β-unsaturated/α-hetero) is 2. The molecule has 0 unspecified atom stereocenters. The van der Waals surface area contributed by atoms with Crippen molar-refractivity contribution < 1.29 is 34.5 Å². The molecule has 4 aromatic rings. The molecule has 4 atom stereocenters. The first kappa shape index (κ1) is 48.6. The molecule has 0 heterocycles. The van der Waals surface area contributed by atoms with Crippen LogP contribution in [0.3, 0.4) is 0 Å². The molecule has 296 valence electrons. The van der Waals surface area contributed by atoms with Crippen molar-refractivity contribution in [2.75, 3.05) is 13.1 Å². The molecule has 0 saturated carbocycles. The van der Waals surface area contributed by atoms with Crippen LogP contribution < -0.4 is 11.1 Å². The zero-order valence-corrected chi connectivity index (χ0v) is 32.4. The number of aliphatic carboxylic acids is 1. The molecule has 0 saturated heterocycles. The summed E-state index contributed by atoms with van der Waals surface area (Å²) in [6.07, 6.45) is -1.40. The molecule has 0 aliphatic rings. The summed E-state index contributed by atoms with van der Waals surface area (Å²) in [5.41, 5.74) is 9.98. The Morgan fingerprint density at radius 2 is 1.09 bits per heavy atom. The lowest BCUT2D eigenvalue weighted by Crippen LogP contribution is -2.40. The van der Waals surface area contributed by atoms with Crippen LogP contribution in [-0.4, -0.2) is 64.1 Å². The van der Waals surface area contributed by atoms with Crippen molar-refractivity contribution in [3.63, 3.8) is 0 Å². The minimum atomic E-state index is -1.05. The lowest BCUT2D eigenvalue weighted by atomic mass is 9.91. The maximum atomic E-state index is 12.5. The van der Waals surface area contributed by atoms with Crippen molar-refractivity contribution in [1.29, 1.82) is 0 Å². The van der Waals surface area contributed by atoms with Crippen molar-refractivity contribution in [1.82, 2.24) is 5.32 Å². The molecule has 13 heteroatoms. The maximum absolute atomic E-state index is 12.5. The van der Waals surface area contributed by atoms with Crippen molar-refractivity contribution in [3.05, 3.63) is 151 Å². The van der Waals surface area contributed by atoms with Crippen LogP contribution in [0.2, 0.25) is 10.0 Å². The fourth-order valence-electron chi connectivity index (χ4n) is 5.22. The summed E-state index contributed by atoms with van der Waals surface area (Å²) in [5.74, 6) is -3.27. The number of rotatable bonds is 13. The number of carboxylic acid groups (broad SMARTS) is 1. The van der Waals surface area contributed by atoms with Gasteiger partial charge in [-0.15, -0.1) is 0 Å². The van der Waals surface area contributed by atoms with Gasteiger partial charge in [0.05, 0.1) is 60.3 Å². The number of ketones is 2. The number of nitrogens with zero attached hydrogens (tertiary/aromatic N) is 2. The highest BCUT2D eigenvalue weighted by molar-refractivity contribution is 6.34. The number of carbonyl (C=O) groups excluding carboxylic acids is 3. The Morgan fingerprint density at radius 1 is 0.696 bits per heavy atom. The fraction of sp³-hybridized carbons (Fsp3) is 0.302. The van der Waals surface area contributed by atoms with E-state index in [-0.39, 0.29) is 44.9 Å². The first-order valence-corrected chi connectivity index (χ1v) is 17.9. The highest BCUT2D eigenvalue weighted by Gasteiger charge is 2.26. The van der Waals surface area contributed by atoms with E-state index in [9.17, 15) is 29.4 Å². The number of aliphatic hydroxyl groups is 2. The number of amides is 1. The number of hydrogen-bond donors (Lipinski definition) is 5. The van der Waals surface area contributed by atoms with Crippen LogP contribution in [0.25, 0.3) is 9.69 Å². The third-order valence-electron chi connectivity index (χ3n) is 8.70. The van der Waals surface area contributed by atoms with E-state index in [2.05, 4.69) is 15.0 Å². The normalized spacial score (nSPS) is 12.2. The second-order valence-corrected chi connectivity index (χ2v) is 13.3. The molecule has 0 aliphatic carbocycles. The Labute approximate surface area is 338 Å². The second kappa shape index (κ2) is 24.2. The molecular formula is C43H48Cl2N4O7. The monoisotopic (exact) mass is 802 g/mol. The van der Waals surface area contributed by atoms with Gasteiger partial charge in [-0.2, -0.15) is 0 Å². The number of benzene rings is 4. The number of nitrogens with one attached hydrogen (secondary N) is 1. The summed E-state index contributed by atoms with van der Waals surface area (Å²) >= 11 is 12.2.